The lowest BCUT2D eigenvalue weighted by Crippen LogP contribution is -2.06. The average molecular weight is 282 g/mol. The minimum absolute atomic E-state index is 0.500. The van der Waals surface area contributed by atoms with E-state index in [-0.39, 0.29) is 0 Å². The van der Waals surface area contributed by atoms with E-state index in [1.54, 1.807) is 0 Å². The minimum Gasteiger partial charge on any atom is -0.383 e. The first kappa shape index (κ1) is 13.9. The lowest BCUT2D eigenvalue weighted by molar-refractivity contribution is 0.921. The fraction of sp³-hybridized carbons (Fsp3) is 0.412. The molecule has 0 amide bonds. The first-order valence-electron chi connectivity index (χ1n) is 7.67. The molecular weight excluding hydrogens is 260 g/mol. The normalized spacial score (nSPS) is 14.2. The Morgan fingerprint density at radius 2 is 1.90 bits per heavy atom. The maximum atomic E-state index is 6.01. The molecule has 3 N–H and O–H groups in total. The van der Waals surface area contributed by atoms with Crippen LogP contribution in [0.15, 0.2) is 24.3 Å². The highest BCUT2D eigenvalue weighted by molar-refractivity contribution is 5.64. The zero-order chi connectivity index (χ0) is 14.8. The quantitative estimate of drug-likeness (QED) is 0.871. The van der Waals surface area contributed by atoms with Crippen molar-refractivity contribution in [2.75, 3.05) is 11.1 Å². The van der Waals surface area contributed by atoms with E-state index in [0.29, 0.717) is 11.7 Å². The Morgan fingerprint density at radius 1 is 1.19 bits per heavy atom. The number of aromatic nitrogens is 2. The lowest BCUT2D eigenvalue weighted by Gasteiger charge is -2.12. The summed E-state index contributed by atoms with van der Waals surface area (Å²) < 4.78 is 0. The second kappa shape index (κ2) is 5.72. The molecule has 1 fully saturated rings. The Labute approximate surface area is 125 Å². The molecule has 1 heterocycles. The molecule has 21 heavy (non-hydrogen) atoms. The van der Waals surface area contributed by atoms with E-state index >= 15 is 0 Å². The van der Waals surface area contributed by atoms with E-state index < -0.39 is 0 Å². The third-order valence-corrected chi connectivity index (χ3v) is 3.90. The average Bonchev–Trinajstić information content (AvgIpc) is 3.30. The first-order chi connectivity index (χ1) is 10.2. The molecular formula is C17H22N4. The summed E-state index contributed by atoms with van der Waals surface area (Å²) in [5.74, 6) is 2.79. The molecule has 0 atom stereocenters. The van der Waals surface area contributed by atoms with E-state index in [9.17, 15) is 0 Å². The number of nitrogens with two attached hydrogens (primary N) is 1. The van der Waals surface area contributed by atoms with Crippen molar-refractivity contribution >= 4 is 17.3 Å². The summed E-state index contributed by atoms with van der Waals surface area (Å²) in [4.78, 5) is 9.05. The summed E-state index contributed by atoms with van der Waals surface area (Å²) in [5, 5.41) is 3.37. The first-order valence-corrected chi connectivity index (χ1v) is 7.67. The Hall–Kier alpha value is -2.10. The fourth-order valence-electron chi connectivity index (χ4n) is 2.38. The van der Waals surface area contributed by atoms with Gasteiger partial charge in [-0.05, 0) is 43.9 Å². The van der Waals surface area contributed by atoms with E-state index in [4.69, 9.17) is 5.73 Å². The van der Waals surface area contributed by atoms with Gasteiger partial charge in [0.2, 0.25) is 0 Å². The summed E-state index contributed by atoms with van der Waals surface area (Å²) in [6, 6.07) is 8.51. The highest BCUT2D eigenvalue weighted by Gasteiger charge is 2.27. The highest BCUT2D eigenvalue weighted by atomic mass is 15.1. The third kappa shape index (κ3) is 3.15. The van der Waals surface area contributed by atoms with Gasteiger partial charge < -0.3 is 11.1 Å². The monoisotopic (exact) mass is 282 g/mol. The Bertz CT molecular complexity index is 630. The minimum atomic E-state index is 0.500. The van der Waals surface area contributed by atoms with Gasteiger partial charge in [-0.15, -0.1) is 0 Å². The SMILES string of the molecule is CCCc1ccc(Nc2nc(C3CC3)nc(N)c2C)cc1. The lowest BCUT2D eigenvalue weighted by atomic mass is 10.1. The summed E-state index contributed by atoms with van der Waals surface area (Å²) in [6.07, 6.45) is 4.63. The van der Waals surface area contributed by atoms with E-state index in [0.717, 1.165) is 29.3 Å². The molecule has 1 aliphatic rings. The molecule has 0 aliphatic heterocycles. The molecule has 4 heteroatoms. The van der Waals surface area contributed by atoms with Crippen LogP contribution >= 0.6 is 0 Å². The summed E-state index contributed by atoms with van der Waals surface area (Å²) >= 11 is 0. The summed E-state index contributed by atoms with van der Waals surface area (Å²) in [5.41, 5.74) is 9.33. The predicted molar refractivity (Wildman–Crippen MR) is 86.9 cm³/mol. The van der Waals surface area contributed by atoms with Crippen LogP contribution in [0.2, 0.25) is 0 Å². The zero-order valence-electron chi connectivity index (χ0n) is 12.7. The van der Waals surface area contributed by atoms with E-state index in [1.807, 2.05) is 6.92 Å². The van der Waals surface area contributed by atoms with Gasteiger partial charge in [0.05, 0.1) is 0 Å². The van der Waals surface area contributed by atoms with Crippen molar-refractivity contribution in [2.24, 2.45) is 0 Å². The Morgan fingerprint density at radius 3 is 2.52 bits per heavy atom. The van der Waals surface area contributed by atoms with Crippen LogP contribution in [0.4, 0.5) is 17.3 Å². The number of nitrogens with zero attached hydrogens (tertiary/aromatic N) is 2. The number of aryl methyl sites for hydroxylation is 1. The van der Waals surface area contributed by atoms with Gasteiger partial charge in [0.25, 0.3) is 0 Å². The van der Waals surface area contributed by atoms with Crippen LogP contribution in [0.3, 0.4) is 0 Å². The molecule has 0 spiro atoms. The van der Waals surface area contributed by atoms with Crippen molar-refractivity contribution in [2.45, 2.75) is 45.4 Å². The van der Waals surface area contributed by atoms with Gasteiger partial charge in [-0.3, -0.25) is 0 Å². The molecule has 0 bridgehead atoms. The van der Waals surface area contributed by atoms with Gasteiger partial charge in [-0.2, -0.15) is 0 Å². The molecule has 110 valence electrons. The molecule has 1 aliphatic carbocycles. The molecule has 1 aromatic carbocycles. The standard InChI is InChI=1S/C17H22N4/c1-3-4-12-5-9-14(10-6-12)19-16-11(2)15(18)20-17(21-16)13-7-8-13/h5-6,9-10,13H,3-4,7-8H2,1-2H3,(H3,18,19,20,21). The van der Waals surface area contributed by atoms with Crippen molar-refractivity contribution in [3.63, 3.8) is 0 Å². The second-order valence-corrected chi connectivity index (χ2v) is 5.79. The van der Waals surface area contributed by atoms with Crippen LogP contribution < -0.4 is 11.1 Å². The Kier molecular flexibility index (Phi) is 3.78. The van der Waals surface area contributed by atoms with Crippen LogP contribution in [0.1, 0.15) is 49.1 Å². The van der Waals surface area contributed by atoms with Gasteiger partial charge in [0, 0.05) is 17.2 Å². The van der Waals surface area contributed by atoms with Crippen LogP contribution in [0, 0.1) is 6.92 Å². The molecule has 1 saturated carbocycles. The topological polar surface area (TPSA) is 63.8 Å². The van der Waals surface area contributed by atoms with Gasteiger partial charge >= 0.3 is 0 Å². The van der Waals surface area contributed by atoms with Crippen molar-refractivity contribution in [3.05, 3.63) is 41.2 Å². The number of hydrogen-bond donors (Lipinski definition) is 2. The molecule has 2 aromatic rings. The van der Waals surface area contributed by atoms with Crippen molar-refractivity contribution < 1.29 is 0 Å². The molecule has 0 radical (unpaired) electrons. The Balaban J connectivity index is 1.83. The van der Waals surface area contributed by atoms with Gasteiger partial charge in [0.1, 0.15) is 17.5 Å². The smallest absolute Gasteiger partial charge is 0.139 e. The fourth-order valence-corrected chi connectivity index (χ4v) is 2.38. The van der Waals surface area contributed by atoms with Crippen LogP contribution in [0.25, 0.3) is 0 Å². The van der Waals surface area contributed by atoms with E-state index in [2.05, 4.69) is 46.5 Å². The maximum Gasteiger partial charge on any atom is 0.139 e. The number of hydrogen-bond acceptors (Lipinski definition) is 4. The summed E-state index contributed by atoms with van der Waals surface area (Å²) in [6.45, 7) is 4.15. The molecule has 4 nitrogen and oxygen atoms in total. The number of anilines is 3. The largest absolute Gasteiger partial charge is 0.383 e. The predicted octanol–water partition coefficient (Wildman–Crippen LogP) is 3.94. The van der Waals surface area contributed by atoms with Crippen molar-refractivity contribution in [1.82, 2.24) is 9.97 Å². The van der Waals surface area contributed by atoms with Gasteiger partial charge in [0.15, 0.2) is 0 Å². The van der Waals surface area contributed by atoms with Gasteiger partial charge in [-0.1, -0.05) is 25.5 Å². The van der Waals surface area contributed by atoms with Gasteiger partial charge in [-0.25, -0.2) is 9.97 Å². The number of nitrogens with one attached hydrogen (secondary N) is 1. The zero-order valence-corrected chi connectivity index (χ0v) is 12.7. The number of rotatable bonds is 5. The van der Waals surface area contributed by atoms with E-state index in [1.165, 1.54) is 24.8 Å². The summed E-state index contributed by atoms with van der Waals surface area (Å²) in [7, 11) is 0. The number of nitrogen functional groups attached to an aromatic ring is 1. The molecule has 1 aromatic heterocycles. The third-order valence-electron chi connectivity index (χ3n) is 3.90. The second-order valence-electron chi connectivity index (χ2n) is 5.79. The van der Waals surface area contributed by atoms with Crippen LogP contribution in [-0.4, -0.2) is 9.97 Å². The van der Waals surface area contributed by atoms with Crippen LogP contribution in [0.5, 0.6) is 0 Å². The maximum absolute atomic E-state index is 6.01. The molecule has 0 unspecified atom stereocenters. The van der Waals surface area contributed by atoms with Crippen LogP contribution in [-0.2, 0) is 6.42 Å². The van der Waals surface area contributed by atoms with Crippen molar-refractivity contribution in [1.29, 1.82) is 0 Å². The number of benzene rings is 1. The molecule has 0 saturated heterocycles. The highest BCUT2D eigenvalue weighted by Crippen LogP contribution is 2.39. The molecule has 3 rings (SSSR count). The van der Waals surface area contributed by atoms with Crippen molar-refractivity contribution in [3.8, 4) is 0 Å².